The molecule has 0 bridgehead atoms. The van der Waals surface area contributed by atoms with Gasteiger partial charge in [0.1, 0.15) is 24.4 Å². The highest BCUT2D eigenvalue weighted by molar-refractivity contribution is 5.85. The number of carboxylic acids is 1. The number of ether oxygens (including phenoxy) is 1. The highest BCUT2D eigenvalue weighted by Gasteiger charge is 2.41. The predicted octanol–water partition coefficient (Wildman–Crippen LogP) is 6.14. The Morgan fingerprint density at radius 2 is 1.95 bits per heavy atom. The molecule has 0 spiro atoms. The standard InChI is InChI=1S/C29H27F5N2O3/c1-39-21-4-5-25-22(15-21)26(19(16-30)17-35-25)23(32)6-7-29(28(37)38)8-11-36(12-9-29)10-2-3-18-13-20(31)14-24(33)27(18)34/h4-5,13-15,17,23H,6-12,16H2,1H3,(H,37,38)/t23-/m0/s1. The summed E-state index contributed by atoms with van der Waals surface area (Å²) in [5, 5.41) is 10.5. The van der Waals surface area contributed by atoms with Crippen molar-refractivity contribution in [1.82, 2.24) is 9.88 Å². The Balaban J connectivity index is 1.44. The first-order valence-electron chi connectivity index (χ1n) is 12.4. The van der Waals surface area contributed by atoms with Gasteiger partial charge in [-0.3, -0.25) is 14.7 Å². The van der Waals surface area contributed by atoms with Gasteiger partial charge in [-0.2, -0.15) is 0 Å². The summed E-state index contributed by atoms with van der Waals surface area (Å²) in [5.41, 5.74) is -0.838. The van der Waals surface area contributed by atoms with Gasteiger partial charge in [0.15, 0.2) is 11.6 Å². The molecule has 2 heterocycles. The van der Waals surface area contributed by atoms with Gasteiger partial charge < -0.3 is 9.84 Å². The third-order valence-corrected chi connectivity index (χ3v) is 7.32. The Morgan fingerprint density at radius 3 is 2.62 bits per heavy atom. The van der Waals surface area contributed by atoms with Crippen LogP contribution < -0.4 is 4.74 Å². The van der Waals surface area contributed by atoms with Gasteiger partial charge in [-0.15, -0.1) is 0 Å². The van der Waals surface area contributed by atoms with Crippen LogP contribution in [0, 0.1) is 34.7 Å². The lowest BCUT2D eigenvalue weighted by molar-refractivity contribution is -0.152. The van der Waals surface area contributed by atoms with E-state index in [0.717, 1.165) is 6.07 Å². The van der Waals surface area contributed by atoms with Gasteiger partial charge >= 0.3 is 5.97 Å². The number of hydrogen-bond acceptors (Lipinski definition) is 4. The van der Waals surface area contributed by atoms with Gasteiger partial charge in [0.25, 0.3) is 0 Å². The van der Waals surface area contributed by atoms with E-state index in [9.17, 15) is 27.5 Å². The van der Waals surface area contributed by atoms with Gasteiger partial charge in [0, 0.05) is 41.9 Å². The number of alkyl halides is 2. The lowest BCUT2D eigenvalue weighted by Gasteiger charge is -2.38. The number of hydrogen-bond donors (Lipinski definition) is 1. The predicted molar refractivity (Wildman–Crippen MR) is 135 cm³/mol. The Bertz CT molecular complexity index is 1420. The highest BCUT2D eigenvalue weighted by atomic mass is 19.2. The minimum absolute atomic E-state index is 0.0380. The lowest BCUT2D eigenvalue weighted by atomic mass is 9.74. The van der Waals surface area contributed by atoms with Crippen LogP contribution in [0.2, 0.25) is 0 Å². The van der Waals surface area contributed by atoms with Crippen molar-refractivity contribution >= 4 is 16.9 Å². The molecule has 1 aliphatic rings. The molecule has 206 valence electrons. The first-order valence-corrected chi connectivity index (χ1v) is 12.4. The number of benzene rings is 2. The molecule has 1 atom stereocenters. The molecule has 0 unspecified atom stereocenters. The van der Waals surface area contributed by atoms with Gasteiger partial charge in [-0.1, -0.05) is 11.8 Å². The molecular weight excluding hydrogens is 519 g/mol. The summed E-state index contributed by atoms with van der Waals surface area (Å²) in [5.74, 6) is 1.03. The van der Waals surface area contributed by atoms with E-state index in [0.29, 0.717) is 35.8 Å². The van der Waals surface area contributed by atoms with Crippen LogP contribution in [-0.4, -0.2) is 47.7 Å². The van der Waals surface area contributed by atoms with Crippen molar-refractivity contribution in [3.8, 4) is 17.6 Å². The number of likely N-dealkylation sites (tertiary alicyclic amines) is 1. The molecule has 0 amide bonds. The zero-order valence-corrected chi connectivity index (χ0v) is 21.2. The number of aromatic nitrogens is 1. The number of halogens is 5. The fourth-order valence-electron chi connectivity index (χ4n) is 4.99. The molecule has 1 saturated heterocycles. The molecule has 10 heteroatoms. The number of fused-ring (bicyclic) bond motifs is 1. The van der Waals surface area contributed by atoms with Crippen LogP contribution in [0.1, 0.15) is 48.5 Å². The second-order valence-electron chi connectivity index (χ2n) is 9.63. The first-order chi connectivity index (χ1) is 18.7. The topological polar surface area (TPSA) is 62.7 Å². The maximum Gasteiger partial charge on any atom is 0.309 e. The summed E-state index contributed by atoms with van der Waals surface area (Å²) in [6.45, 7) is -0.0993. The largest absolute Gasteiger partial charge is 0.497 e. The number of carboxylic acid groups (broad SMARTS) is 1. The van der Waals surface area contributed by atoms with Crippen molar-refractivity contribution < 1.29 is 36.6 Å². The molecule has 5 nitrogen and oxygen atoms in total. The number of piperidine rings is 1. The molecule has 39 heavy (non-hydrogen) atoms. The number of methoxy groups -OCH3 is 1. The Morgan fingerprint density at radius 1 is 1.21 bits per heavy atom. The van der Waals surface area contributed by atoms with E-state index in [1.54, 1.807) is 18.2 Å². The molecule has 0 radical (unpaired) electrons. The zero-order valence-electron chi connectivity index (χ0n) is 21.2. The maximum absolute atomic E-state index is 15.7. The Kier molecular flexibility index (Phi) is 8.70. The summed E-state index contributed by atoms with van der Waals surface area (Å²) in [6.07, 6.45) is 0.0416. The quantitative estimate of drug-likeness (QED) is 0.209. The zero-order chi connectivity index (χ0) is 28.2. The van der Waals surface area contributed by atoms with E-state index in [1.807, 2.05) is 4.90 Å². The Hall–Kier alpha value is -3.71. The Labute approximate surface area is 222 Å². The van der Waals surface area contributed by atoms with Crippen molar-refractivity contribution in [2.24, 2.45) is 5.41 Å². The third kappa shape index (κ3) is 6.14. The fraction of sp³-hybridized carbons (Fsp3) is 0.379. The van der Waals surface area contributed by atoms with E-state index in [4.69, 9.17) is 4.74 Å². The van der Waals surface area contributed by atoms with Crippen molar-refractivity contribution in [2.75, 3.05) is 26.7 Å². The average Bonchev–Trinajstić information content (AvgIpc) is 2.93. The number of carbonyl (C=O) groups is 1. The van der Waals surface area contributed by atoms with E-state index < -0.39 is 47.2 Å². The van der Waals surface area contributed by atoms with Crippen LogP contribution >= 0.6 is 0 Å². The number of aliphatic carboxylic acids is 1. The van der Waals surface area contributed by atoms with Crippen LogP contribution in [-0.2, 0) is 11.5 Å². The molecule has 0 saturated carbocycles. The molecule has 1 fully saturated rings. The lowest BCUT2D eigenvalue weighted by Crippen LogP contribution is -2.44. The second kappa shape index (κ2) is 12.0. The van der Waals surface area contributed by atoms with Gasteiger partial charge in [-0.25, -0.2) is 22.0 Å². The second-order valence-corrected chi connectivity index (χ2v) is 9.63. The number of nitrogens with zero attached hydrogens (tertiary/aromatic N) is 2. The smallest absolute Gasteiger partial charge is 0.309 e. The van der Waals surface area contributed by atoms with E-state index in [2.05, 4.69) is 16.8 Å². The van der Waals surface area contributed by atoms with E-state index >= 15 is 4.39 Å². The minimum Gasteiger partial charge on any atom is -0.497 e. The first kappa shape index (κ1) is 28.3. The fourth-order valence-corrected chi connectivity index (χ4v) is 4.99. The SMILES string of the molecule is COc1ccc2ncc(CF)c([C@@H](F)CCC3(C(=O)O)CCN(CC#Cc4cc(F)cc(F)c4F)CC3)c2c1. The molecule has 0 aliphatic carbocycles. The van der Waals surface area contributed by atoms with Crippen LogP contribution in [0.15, 0.2) is 36.5 Å². The molecule has 1 aromatic heterocycles. The van der Waals surface area contributed by atoms with E-state index in [-0.39, 0.29) is 43.4 Å². The number of pyridine rings is 1. The summed E-state index contributed by atoms with van der Waals surface area (Å²) < 4.78 is 75.2. The highest BCUT2D eigenvalue weighted by Crippen LogP contribution is 2.41. The van der Waals surface area contributed by atoms with Gasteiger partial charge in [0.05, 0.1) is 30.1 Å². The van der Waals surface area contributed by atoms with Crippen LogP contribution in [0.5, 0.6) is 5.75 Å². The van der Waals surface area contributed by atoms with Crippen molar-refractivity contribution in [1.29, 1.82) is 0 Å². The van der Waals surface area contributed by atoms with Crippen LogP contribution in [0.4, 0.5) is 22.0 Å². The monoisotopic (exact) mass is 546 g/mol. The third-order valence-electron chi connectivity index (χ3n) is 7.32. The molecule has 3 aromatic rings. The summed E-state index contributed by atoms with van der Waals surface area (Å²) >= 11 is 0. The van der Waals surface area contributed by atoms with Gasteiger partial charge in [0.2, 0.25) is 0 Å². The molecule has 2 aromatic carbocycles. The summed E-state index contributed by atoms with van der Waals surface area (Å²) in [7, 11) is 1.47. The molecule has 1 N–H and O–H groups in total. The summed E-state index contributed by atoms with van der Waals surface area (Å²) in [6, 6.07) is 6.17. The van der Waals surface area contributed by atoms with Gasteiger partial charge in [-0.05, 0) is 49.9 Å². The van der Waals surface area contributed by atoms with Crippen LogP contribution in [0.25, 0.3) is 10.9 Å². The van der Waals surface area contributed by atoms with Crippen molar-refractivity contribution in [3.05, 3.63) is 70.7 Å². The van der Waals surface area contributed by atoms with Crippen molar-refractivity contribution in [2.45, 2.75) is 38.5 Å². The molecular formula is C29H27F5N2O3. The normalized spacial score (nSPS) is 15.9. The van der Waals surface area contributed by atoms with Crippen molar-refractivity contribution in [3.63, 3.8) is 0 Å². The number of rotatable bonds is 8. The average molecular weight is 547 g/mol. The summed E-state index contributed by atoms with van der Waals surface area (Å²) in [4.78, 5) is 18.3. The van der Waals surface area contributed by atoms with E-state index in [1.165, 1.54) is 13.3 Å². The maximum atomic E-state index is 15.7. The molecule has 1 aliphatic heterocycles. The van der Waals surface area contributed by atoms with Crippen LogP contribution in [0.3, 0.4) is 0 Å². The molecule has 4 rings (SSSR count). The minimum atomic E-state index is -1.62.